The van der Waals surface area contributed by atoms with Crippen LogP contribution in [-0.2, 0) is 0 Å². The zero-order valence-electron chi connectivity index (χ0n) is 9.60. The number of nitrogens with two attached hydrogens (primary N) is 4. The van der Waals surface area contributed by atoms with Gasteiger partial charge in [-0.3, -0.25) is 0 Å². The predicted molar refractivity (Wildman–Crippen MR) is 75.3 cm³/mol. The maximum Gasteiger partial charge on any atom is 0.410 e. The van der Waals surface area contributed by atoms with Crippen molar-refractivity contribution < 1.29 is 13.9 Å². The van der Waals surface area contributed by atoms with Crippen molar-refractivity contribution in [1.29, 1.82) is 0 Å². The molecule has 1 heterocycles. The van der Waals surface area contributed by atoms with Gasteiger partial charge in [-0.05, 0) is 6.07 Å². The Morgan fingerprint density at radius 3 is 2.42 bits per heavy atom. The van der Waals surface area contributed by atoms with Gasteiger partial charge in [0.15, 0.2) is 11.3 Å². The van der Waals surface area contributed by atoms with Gasteiger partial charge in [0.05, 0.1) is 5.69 Å². The molecule has 1 amide bonds. The summed E-state index contributed by atoms with van der Waals surface area (Å²) in [4.78, 5) is 22.3. The molecule has 0 saturated carbocycles. The summed E-state index contributed by atoms with van der Waals surface area (Å²) in [6, 6.07) is 1.50. The quantitative estimate of drug-likeness (QED) is 0.311. The van der Waals surface area contributed by atoms with Gasteiger partial charge in [-0.2, -0.15) is 0 Å². The van der Waals surface area contributed by atoms with Gasteiger partial charge in [-0.25, -0.2) is 9.59 Å². The van der Waals surface area contributed by atoms with E-state index in [0.29, 0.717) is 10.7 Å². The molecular weight excluding hydrogens is 271 g/mol. The van der Waals surface area contributed by atoms with E-state index in [1.807, 2.05) is 0 Å². The number of benzene rings is 1. The number of hydrogen-bond donors (Lipinski definition) is 4. The van der Waals surface area contributed by atoms with Crippen molar-refractivity contribution in [3.8, 4) is 5.75 Å². The lowest BCUT2D eigenvalue weighted by molar-refractivity contribution is 0.211. The van der Waals surface area contributed by atoms with Gasteiger partial charge in [0, 0.05) is 10.7 Å². The summed E-state index contributed by atoms with van der Waals surface area (Å²) in [6.45, 7) is 0. The van der Waals surface area contributed by atoms with Gasteiger partial charge in [0.2, 0.25) is 0 Å². The fourth-order valence-electron chi connectivity index (χ4n) is 1.62. The standard InChI is InChI=1S/C10H11N4O4P/c11-4-2-1-3(19)8(18-10(14)16)6(13)7(2)17-9(15)5(4)12/h1H,11-13,19H2,(H2,14,16). The molecule has 0 fully saturated rings. The minimum absolute atomic E-state index is 0.0147. The molecule has 1 atom stereocenters. The van der Waals surface area contributed by atoms with Crippen molar-refractivity contribution in [2.24, 2.45) is 5.73 Å². The minimum Gasteiger partial charge on any atom is -0.419 e. The Hall–Kier alpha value is -2.47. The van der Waals surface area contributed by atoms with E-state index in [9.17, 15) is 9.59 Å². The largest absolute Gasteiger partial charge is 0.419 e. The van der Waals surface area contributed by atoms with Crippen molar-refractivity contribution in [3.05, 3.63) is 16.5 Å². The predicted octanol–water partition coefficient (Wildman–Crippen LogP) is -0.502. The van der Waals surface area contributed by atoms with Crippen LogP contribution in [0.25, 0.3) is 11.0 Å². The lowest BCUT2D eigenvalue weighted by atomic mass is 10.1. The average Bonchev–Trinajstić information content (AvgIpc) is 2.33. The summed E-state index contributed by atoms with van der Waals surface area (Å²) in [5, 5.41) is 0.764. The minimum atomic E-state index is -1.04. The van der Waals surface area contributed by atoms with Crippen molar-refractivity contribution >= 4 is 48.7 Å². The smallest absolute Gasteiger partial charge is 0.410 e. The molecule has 19 heavy (non-hydrogen) atoms. The maximum absolute atomic E-state index is 11.5. The molecule has 1 aromatic carbocycles. The van der Waals surface area contributed by atoms with Crippen molar-refractivity contribution in [2.45, 2.75) is 0 Å². The molecule has 8 N–H and O–H groups in total. The number of primary amides is 1. The van der Waals surface area contributed by atoms with Gasteiger partial charge < -0.3 is 32.1 Å². The third kappa shape index (κ3) is 2.02. The lowest BCUT2D eigenvalue weighted by Crippen LogP contribution is -2.20. The molecule has 0 aliphatic rings. The van der Waals surface area contributed by atoms with Crippen LogP contribution in [0.15, 0.2) is 15.3 Å². The van der Waals surface area contributed by atoms with Gasteiger partial charge in [0.25, 0.3) is 0 Å². The van der Waals surface area contributed by atoms with Gasteiger partial charge in [-0.1, -0.05) is 0 Å². The van der Waals surface area contributed by atoms with Crippen molar-refractivity contribution in [1.82, 2.24) is 0 Å². The molecule has 100 valence electrons. The number of hydrogen-bond acceptors (Lipinski definition) is 7. The van der Waals surface area contributed by atoms with E-state index in [-0.39, 0.29) is 28.4 Å². The number of carbonyl (C=O) groups is 1. The first-order valence-electron chi connectivity index (χ1n) is 5.00. The second kappa shape index (κ2) is 4.33. The molecule has 1 unspecified atom stereocenters. The van der Waals surface area contributed by atoms with E-state index < -0.39 is 11.7 Å². The number of carbonyl (C=O) groups excluding carboxylic acids is 1. The third-order valence-electron chi connectivity index (χ3n) is 2.49. The van der Waals surface area contributed by atoms with E-state index >= 15 is 0 Å². The van der Waals surface area contributed by atoms with Crippen LogP contribution in [0.2, 0.25) is 0 Å². The first-order chi connectivity index (χ1) is 8.82. The number of anilines is 3. The summed E-state index contributed by atoms with van der Waals surface area (Å²) >= 11 is 0. The number of fused-ring (bicyclic) bond motifs is 1. The Balaban J connectivity index is 2.89. The van der Waals surface area contributed by atoms with E-state index in [0.717, 1.165) is 0 Å². The SMILES string of the molecule is NC(=O)Oc1c(P)cc2c(N)c(N)c(=O)oc2c1N. The third-order valence-corrected chi connectivity index (χ3v) is 2.92. The monoisotopic (exact) mass is 282 g/mol. The molecule has 0 aliphatic carbocycles. The van der Waals surface area contributed by atoms with Crippen LogP contribution in [0.5, 0.6) is 5.75 Å². The van der Waals surface area contributed by atoms with Crippen LogP contribution < -0.4 is 38.6 Å². The molecule has 2 rings (SSSR count). The van der Waals surface area contributed by atoms with Gasteiger partial charge >= 0.3 is 11.7 Å². The fraction of sp³-hybridized carbons (Fsp3) is 0. The fourth-order valence-corrected chi connectivity index (χ4v) is 2.00. The van der Waals surface area contributed by atoms with Gasteiger partial charge in [-0.15, -0.1) is 9.24 Å². The highest BCUT2D eigenvalue weighted by Crippen LogP contribution is 2.34. The van der Waals surface area contributed by atoms with Crippen LogP contribution in [-0.4, -0.2) is 6.09 Å². The second-order valence-electron chi connectivity index (χ2n) is 3.72. The van der Waals surface area contributed by atoms with Crippen molar-refractivity contribution in [3.63, 3.8) is 0 Å². The Labute approximate surface area is 108 Å². The molecule has 0 bridgehead atoms. The Morgan fingerprint density at radius 1 is 1.21 bits per heavy atom. The summed E-state index contributed by atoms with van der Waals surface area (Å²) in [7, 11) is 2.31. The lowest BCUT2D eigenvalue weighted by Gasteiger charge is -2.12. The summed E-state index contributed by atoms with van der Waals surface area (Å²) < 4.78 is 9.71. The van der Waals surface area contributed by atoms with E-state index in [1.54, 1.807) is 0 Å². The zero-order chi connectivity index (χ0) is 14.3. The molecule has 2 aromatic rings. The second-order valence-corrected chi connectivity index (χ2v) is 4.35. The summed E-state index contributed by atoms with van der Waals surface area (Å²) in [5.41, 5.74) is 20.9. The molecule has 9 heteroatoms. The Kier molecular flexibility index (Phi) is 2.95. The number of amides is 1. The summed E-state index contributed by atoms with van der Waals surface area (Å²) in [6.07, 6.45) is -1.04. The molecule has 0 aliphatic heterocycles. The van der Waals surface area contributed by atoms with Crippen LogP contribution in [0.1, 0.15) is 0 Å². The first kappa shape index (κ1) is 13.0. The van der Waals surface area contributed by atoms with E-state index in [4.69, 9.17) is 32.1 Å². The molecule has 0 spiro atoms. The van der Waals surface area contributed by atoms with E-state index in [1.165, 1.54) is 6.07 Å². The average molecular weight is 282 g/mol. The Morgan fingerprint density at radius 2 is 1.84 bits per heavy atom. The molecular formula is C10H11N4O4P. The number of rotatable bonds is 1. The molecule has 1 aromatic heterocycles. The molecule has 0 saturated heterocycles. The number of nitrogen functional groups attached to an aromatic ring is 3. The first-order valence-corrected chi connectivity index (χ1v) is 5.57. The summed E-state index contributed by atoms with van der Waals surface area (Å²) in [5.74, 6) is -0.0164. The highest BCUT2D eigenvalue weighted by atomic mass is 31.0. The van der Waals surface area contributed by atoms with Crippen LogP contribution in [0.3, 0.4) is 0 Å². The van der Waals surface area contributed by atoms with Crippen LogP contribution >= 0.6 is 9.24 Å². The van der Waals surface area contributed by atoms with Crippen LogP contribution in [0, 0.1) is 0 Å². The normalized spacial score (nSPS) is 10.6. The van der Waals surface area contributed by atoms with Crippen molar-refractivity contribution in [2.75, 3.05) is 17.2 Å². The van der Waals surface area contributed by atoms with E-state index in [2.05, 4.69) is 9.24 Å². The topological polar surface area (TPSA) is 161 Å². The van der Waals surface area contributed by atoms with Crippen LogP contribution in [0.4, 0.5) is 21.9 Å². The molecule has 8 nitrogen and oxygen atoms in total. The highest BCUT2D eigenvalue weighted by molar-refractivity contribution is 7.27. The zero-order valence-corrected chi connectivity index (χ0v) is 10.8. The van der Waals surface area contributed by atoms with Gasteiger partial charge in [0.1, 0.15) is 11.4 Å². The number of ether oxygens (including phenoxy) is 1. The Bertz CT molecular complexity index is 756. The highest BCUT2D eigenvalue weighted by Gasteiger charge is 2.18. The molecule has 0 radical (unpaired) electrons. The maximum atomic E-state index is 11.5.